The van der Waals surface area contributed by atoms with Crippen LogP contribution in [0.5, 0.6) is 0 Å². The summed E-state index contributed by atoms with van der Waals surface area (Å²) in [6.07, 6.45) is 0. The first-order valence-corrected chi connectivity index (χ1v) is 7.39. The molecule has 0 saturated heterocycles. The highest BCUT2D eigenvalue weighted by atomic mass is 16.5. The van der Waals surface area contributed by atoms with Crippen molar-refractivity contribution in [1.29, 1.82) is 0 Å². The van der Waals surface area contributed by atoms with Crippen LogP contribution in [0.2, 0.25) is 0 Å². The van der Waals surface area contributed by atoms with E-state index in [2.05, 4.69) is 6.92 Å². The molecule has 0 N–H and O–H groups in total. The van der Waals surface area contributed by atoms with Gasteiger partial charge in [-0.2, -0.15) is 0 Å². The number of hydrogen-bond donors (Lipinski definition) is 0. The molecule has 22 heavy (non-hydrogen) atoms. The van der Waals surface area contributed by atoms with Crippen molar-refractivity contribution in [3.05, 3.63) is 83.4 Å². The van der Waals surface area contributed by atoms with Crippen LogP contribution in [-0.2, 0) is 11.3 Å². The number of hydrogen-bond acceptors (Lipinski definition) is 2. The number of ketones is 1. The third-order valence-corrected chi connectivity index (χ3v) is 3.79. The zero-order valence-electron chi connectivity index (χ0n) is 12.6. The van der Waals surface area contributed by atoms with Gasteiger partial charge in [-0.25, -0.2) is 0 Å². The van der Waals surface area contributed by atoms with Crippen molar-refractivity contribution < 1.29 is 9.53 Å². The molecule has 0 atom stereocenters. The van der Waals surface area contributed by atoms with Crippen LogP contribution in [0.15, 0.2) is 66.7 Å². The molecule has 0 heterocycles. The normalized spacial score (nSPS) is 10.8. The monoisotopic (exact) mass is 290 g/mol. The van der Waals surface area contributed by atoms with E-state index >= 15 is 0 Å². The van der Waals surface area contributed by atoms with Gasteiger partial charge in [0.2, 0.25) is 0 Å². The summed E-state index contributed by atoms with van der Waals surface area (Å²) >= 11 is 0. The Morgan fingerprint density at radius 3 is 2.32 bits per heavy atom. The van der Waals surface area contributed by atoms with Crippen molar-refractivity contribution in [1.82, 2.24) is 0 Å². The van der Waals surface area contributed by atoms with E-state index in [0.29, 0.717) is 6.61 Å². The lowest BCUT2D eigenvalue weighted by atomic mass is 9.98. The molecule has 0 radical (unpaired) electrons. The highest BCUT2D eigenvalue weighted by molar-refractivity contribution is 6.09. The Balaban J connectivity index is 1.74. The molecule has 0 aliphatic heterocycles. The van der Waals surface area contributed by atoms with Crippen molar-refractivity contribution in [3.8, 4) is 0 Å². The van der Waals surface area contributed by atoms with Crippen LogP contribution in [0.25, 0.3) is 10.8 Å². The Kier molecular flexibility index (Phi) is 4.31. The third kappa shape index (κ3) is 3.07. The topological polar surface area (TPSA) is 26.3 Å². The van der Waals surface area contributed by atoms with Crippen molar-refractivity contribution in [2.24, 2.45) is 0 Å². The number of Topliss-reactive ketones (excluding diaryl/α,β-unsaturated/α-hetero) is 1. The molecule has 0 unspecified atom stereocenters. The van der Waals surface area contributed by atoms with Crippen LogP contribution in [-0.4, -0.2) is 12.4 Å². The van der Waals surface area contributed by atoms with Gasteiger partial charge in [-0.1, -0.05) is 66.7 Å². The second-order valence-electron chi connectivity index (χ2n) is 5.38. The molecule has 2 heteroatoms. The van der Waals surface area contributed by atoms with Gasteiger partial charge in [-0.3, -0.25) is 4.79 Å². The second-order valence-corrected chi connectivity index (χ2v) is 5.38. The summed E-state index contributed by atoms with van der Waals surface area (Å²) in [6.45, 7) is 2.61. The fourth-order valence-electron chi connectivity index (χ4n) is 2.61. The zero-order valence-corrected chi connectivity index (χ0v) is 12.6. The molecule has 0 bridgehead atoms. The summed E-state index contributed by atoms with van der Waals surface area (Å²) in [5.74, 6) is 0.0205. The summed E-state index contributed by atoms with van der Waals surface area (Å²) in [6, 6.07) is 21.8. The van der Waals surface area contributed by atoms with Crippen LogP contribution in [0.4, 0.5) is 0 Å². The Bertz CT molecular complexity index is 791. The lowest BCUT2D eigenvalue weighted by molar-refractivity contribution is 0.0728. The van der Waals surface area contributed by atoms with E-state index in [1.807, 2.05) is 66.7 Å². The van der Waals surface area contributed by atoms with E-state index in [4.69, 9.17) is 4.74 Å². The maximum atomic E-state index is 12.4. The Morgan fingerprint density at radius 1 is 0.864 bits per heavy atom. The number of carbonyl (C=O) groups excluding carboxylic acids is 1. The molecule has 0 aromatic heterocycles. The average Bonchev–Trinajstić information content (AvgIpc) is 2.56. The lowest BCUT2D eigenvalue weighted by Gasteiger charge is -2.09. The summed E-state index contributed by atoms with van der Waals surface area (Å²) < 4.78 is 5.57. The number of carbonyl (C=O) groups is 1. The maximum Gasteiger partial charge on any atom is 0.189 e. The zero-order chi connectivity index (χ0) is 15.4. The van der Waals surface area contributed by atoms with Crippen molar-refractivity contribution in [2.45, 2.75) is 13.5 Å². The van der Waals surface area contributed by atoms with Crippen LogP contribution in [0.3, 0.4) is 0 Å². The molecule has 0 saturated carbocycles. The molecule has 3 aromatic carbocycles. The molecule has 3 rings (SSSR count). The molecule has 110 valence electrons. The van der Waals surface area contributed by atoms with E-state index in [1.165, 1.54) is 5.56 Å². The van der Waals surface area contributed by atoms with Crippen molar-refractivity contribution in [3.63, 3.8) is 0 Å². The Labute approximate surface area is 130 Å². The predicted octanol–water partition coefficient (Wildman–Crippen LogP) is 4.55. The maximum absolute atomic E-state index is 12.4. The van der Waals surface area contributed by atoms with Crippen LogP contribution in [0, 0.1) is 6.92 Å². The van der Waals surface area contributed by atoms with Gasteiger partial charge in [-0.05, 0) is 28.8 Å². The Morgan fingerprint density at radius 2 is 1.55 bits per heavy atom. The molecule has 2 nitrogen and oxygen atoms in total. The first-order chi connectivity index (χ1) is 10.8. The van der Waals surface area contributed by atoms with Gasteiger partial charge in [0, 0.05) is 5.56 Å². The standard InChI is InChI=1S/C20H18O2/c1-15-11-12-19(18-10-6-5-9-17(15)18)20(21)14-22-13-16-7-3-2-4-8-16/h2-12H,13-14H2,1H3. The minimum Gasteiger partial charge on any atom is -0.369 e. The van der Waals surface area contributed by atoms with Crippen molar-refractivity contribution in [2.75, 3.05) is 6.61 Å². The second kappa shape index (κ2) is 6.54. The first-order valence-electron chi connectivity index (χ1n) is 7.39. The smallest absolute Gasteiger partial charge is 0.189 e. The number of rotatable bonds is 5. The number of aryl methyl sites for hydroxylation is 1. The SMILES string of the molecule is Cc1ccc(C(=O)COCc2ccccc2)c2ccccc12. The summed E-state index contributed by atoms with van der Waals surface area (Å²) in [5.41, 5.74) is 2.98. The molecule has 0 aliphatic rings. The minimum atomic E-state index is 0.0205. The largest absolute Gasteiger partial charge is 0.369 e. The highest BCUT2D eigenvalue weighted by Crippen LogP contribution is 2.22. The van der Waals surface area contributed by atoms with Gasteiger partial charge in [0.05, 0.1) is 6.61 Å². The number of ether oxygens (including phenoxy) is 1. The van der Waals surface area contributed by atoms with Crippen molar-refractivity contribution >= 4 is 16.6 Å². The molecule has 0 aliphatic carbocycles. The van der Waals surface area contributed by atoms with Gasteiger partial charge >= 0.3 is 0 Å². The minimum absolute atomic E-state index is 0.0205. The van der Waals surface area contributed by atoms with Crippen LogP contribution in [0.1, 0.15) is 21.5 Å². The van der Waals surface area contributed by atoms with Gasteiger partial charge in [0.25, 0.3) is 0 Å². The average molecular weight is 290 g/mol. The van der Waals surface area contributed by atoms with E-state index < -0.39 is 0 Å². The summed E-state index contributed by atoms with van der Waals surface area (Å²) in [4.78, 5) is 12.4. The third-order valence-electron chi connectivity index (χ3n) is 3.79. The number of fused-ring (bicyclic) bond motifs is 1. The van der Waals surface area contributed by atoms with Gasteiger partial charge in [0.1, 0.15) is 6.61 Å². The fraction of sp³-hybridized carbons (Fsp3) is 0.150. The van der Waals surface area contributed by atoms with E-state index in [1.54, 1.807) is 0 Å². The van der Waals surface area contributed by atoms with E-state index in [9.17, 15) is 4.79 Å². The van der Waals surface area contributed by atoms with Gasteiger partial charge in [0.15, 0.2) is 5.78 Å². The summed E-state index contributed by atoms with van der Waals surface area (Å²) in [7, 11) is 0. The quantitative estimate of drug-likeness (QED) is 0.644. The lowest BCUT2D eigenvalue weighted by Crippen LogP contribution is -2.09. The molecular weight excluding hydrogens is 272 g/mol. The summed E-state index contributed by atoms with van der Waals surface area (Å²) in [5, 5.41) is 2.12. The van der Waals surface area contributed by atoms with E-state index in [-0.39, 0.29) is 12.4 Å². The molecule has 3 aromatic rings. The van der Waals surface area contributed by atoms with Gasteiger partial charge < -0.3 is 4.74 Å². The molecule has 0 amide bonds. The predicted molar refractivity (Wildman–Crippen MR) is 89.1 cm³/mol. The number of benzene rings is 3. The molecular formula is C20H18O2. The van der Waals surface area contributed by atoms with Crippen LogP contribution < -0.4 is 0 Å². The van der Waals surface area contributed by atoms with Crippen LogP contribution >= 0.6 is 0 Å². The van der Waals surface area contributed by atoms with E-state index in [0.717, 1.165) is 21.9 Å². The first kappa shape index (κ1) is 14.5. The highest BCUT2D eigenvalue weighted by Gasteiger charge is 2.11. The molecule has 0 spiro atoms. The molecule has 0 fully saturated rings. The van der Waals surface area contributed by atoms with Gasteiger partial charge in [-0.15, -0.1) is 0 Å². The fourth-order valence-corrected chi connectivity index (χ4v) is 2.61. The Hall–Kier alpha value is -2.45.